The summed E-state index contributed by atoms with van der Waals surface area (Å²) in [6, 6.07) is 7.86. The van der Waals surface area contributed by atoms with Gasteiger partial charge in [-0.2, -0.15) is 0 Å². The van der Waals surface area contributed by atoms with E-state index in [-0.39, 0.29) is 11.3 Å². The van der Waals surface area contributed by atoms with Crippen molar-refractivity contribution in [2.75, 3.05) is 5.32 Å². The maximum atomic E-state index is 12.2. The number of allylic oxidation sites excluding steroid dienone is 1. The van der Waals surface area contributed by atoms with Crippen LogP contribution < -0.4 is 5.32 Å². The summed E-state index contributed by atoms with van der Waals surface area (Å²) < 4.78 is 0. The highest BCUT2D eigenvalue weighted by Gasteiger charge is 2.51. The smallest absolute Gasteiger partial charge is 0.235 e. The molecule has 0 aromatic heterocycles. The van der Waals surface area contributed by atoms with Crippen LogP contribution in [0.1, 0.15) is 26.3 Å². The second kappa shape index (κ2) is 3.21. The zero-order valence-electron chi connectivity index (χ0n) is 10.0. The molecule has 0 radical (unpaired) electrons. The zero-order valence-corrected chi connectivity index (χ0v) is 10.0. The number of para-hydroxylation sites is 1. The quantitative estimate of drug-likeness (QED) is 0.754. The number of carbonyl (C=O) groups is 1. The van der Waals surface area contributed by atoms with Crippen LogP contribution in [0.5, 0.6) is 0 Å². The van der Waals surface area contributed by atoms with Crippen LogP contribution in [0.2, 0.25) is 0 Å². The second-order valence-corrected chi connectivity index (χ2v) is 5.05. The van der Waals surface area contributed by atoms with E-state index in [4.69, 9.17) is 0 Å². The van der Waals surface area contributed by atoms with Gasteiger partial charge in [0, 0.05) is 11.1 Å². The monoisotopic (exact) mass is 215 g/mol. The summed E-state index contributed by atoms with van der Waals surface area (Å²) in [5, 5.41) is 2.94. The summed E-state index contributed by atoms with van der Waals surface area (Å²) in [6.07, 6.45) is 1.86. The fourth-order valence-electron chi connectivity index (χ4n) is 2.24. The van der Waals surface area contributed by atoms with Crippen LogP contribution in [0.15, 0.2) is 36.9 Å². The zero-order chi connectivity index (χ0) is 12.0. The molecule has 1 unspecified atom stereocenters. The predicted octanol–water partition coefficient (Wildman–Crippen LogP) is 3.11. The Bertz CT molecular complexity index is 462. The minimum absolute atomic E-state index is 0.0543. The molecule has 0 fully saturated rings. The van der Waals surface area contributed by atoms with E-state index in [0.717, 1.165) is 11.3 Å². The molecule has 0 bridgehead atoms. The van der Waals surface area contributed by atoms with Crippen molar-refractivity contribution in [1.82, 2.24) is 0 Å². The number of fused-ring (bicyclic) bond motifs is 1. The van der Waals surface area contributed by atoms with E-state index in [0.29, 0.717) is 0 Å². The normalized spacial score (nSPS) is 23.8. The lowest BCUT2D eigenvalue weighted by molar-refractivity contribution is -0.123. The molecule has 1 heterocycles. The van der Waals surface area contributed by atoms with E-state index in [2.05, 4.69) is 11.9 Å². The molecule has 1 amide bonds. The fraction of sp³-hybridized carbons (Fsp3) is 0.357. The minimum atomic E-state index is -0.536. The van der Waals surface area contributed by atoms with Crippen LogP contribution in [-0.4, -0.2) is 5.91 Å². The van der Waals surface area contributed by atoms with Crippen molar-refractivity contribution in [3.05, 3.63) is 42.5 Å². The lowest BCUT2D eigenvalue weighted by Gasteiger charge is -2.37. The lowest BCUT2D eigenvalue weighted by atomic mass is 9.63. The fourth-order valence-corrected chi connectivity index (χ4v) is 2.24. The van der Waals surface area contributed by atoms with Gasteiger partial charge in [-0.1, -0.05) is 38.1 Å². The molecule has 1 aliphatic rings. The standard InChI is InChI=1S/C14H17NO/c1-5-13(2,3)14(4)10-8-6-7-9-11(10)15-12(14)16/h5-9H,1H2,2-4H3,(H,15,16). The SMILES string of the molecule is C=CC(C)(C)C1(C)C(=O)Nc2ccccc21. The predicted molar refractivity (Wildman–Crippen MR) is 66.4 cm³/mol. The number of carbonyl (C=O) groups excluding carboxylic acids is 1. The van der Waals surface area contributed by atoms with Gasteiger partial charge >= 0.3 is 0 Å². The molecular formula is C14H17NO. The number of hydrogen-bond acceptors (Lipinski definition) is 1. The Balaban J connectivity index is 2.66. The van der Waals surface area contributed by atoms with E-state index < -0.39 is 5.41 Å². The molecule has 1 N–H and O–H groups in total. The van der Waals surface area contributed by atoms with Crippen LogP contribution in [0.4, 0.5) is 5.69 Å². The summed E-state index contributed by atoms with van der Waals surface area (Å²) in [7, 11) is 0. The maximum Gasteiger partial charge on any atom is 0.235 e. The van der Waals surface area contributed by atoms with E-state index in [9.17, 15) is 4.79 Å². The highest BCUT2D eigenvalue weighted by atomic mass is 16.2. The summed E-state index contributed by atoms with van der Waals surface area (Å²) >= 11 is 0. The van der Waals surface area contributed by atoms with Crippen molar-refractivity contribution >= 4 is 11.6 Å². The Hall–Kier alpha value is -1.57. The number of amides is 1. The average Bonchev–Trinajstić information content (AvgIpc) is 2.53. The van der Waals surface area contributed by atoms with Gasteiger partial charge in [0.2, 0.25) is 5.91 Å². The largest absolute Gasteiger partial charge is 0.325 e. The Morgan fingerprint density at radius 3 is 2.62 bits per heavy atom. The summed E-state index contributed by atoms with van der Waals surface area (Å²) in [6.45, 7) is 9.92. The highest BCUT2D eigenvalue weighted by Crippen LogP contribution is 2.49. The number of rotatable bonds is 2. The van der Waals surface area contributed by atoms with Gasteiger partial charge < -0.3 is 5.32 Å². The van der Waals surface area contributed by atoms with Gasteiger partial charge in [-0.3, -0.25) is 4.79 Å². The van der Waals surface area contributed by atoms with Crippen molar-refractivity contribution in [2.45, 2.75) is 26.2 Å². The minimum Gasteiger partial charge on any atom is -0.325 e. The number of hydrogen-bond donors (Lipinski definition) is 1. The van der Waals surface area contributed by atoms with E-state index >= 15 is 0 Å². The van der Waals surface area contributed by atoms with Crippen LogP contribution in [0, 0.1) is 5.41 Å². The molecule has 0 saturated heterocycles. The second-order valence-electron chi connectivity index (χ2n) is 5.05. The Labute approximate surface area is 96.4 Å². The van der Waals surface area contributed by atoms with Gasteiger partial charge in [0.1, 0.15) is 0 Å². The molecule has 2 nitrogen and oxygen atoms in total. The van der Waals surface area contributed by atoms with Crippen molar-refractivity contribution in [3.8, 4) is 0 Å². The van der Waals surface area contributed by atoms with E-state index in [1.807, 2.05) is 51.1 Å². The van der Waals surface area contributed by atoms with Crippen molar-refractivity contribution in [2.24, 2.45) is 5.41 Å². The van der Waals surface area contributed by atoms with Gasteiger partial charge in [-0.15, -0.1) is 6.58 Å². The summed E-state index contributed by atoms with van der Waals surface area (Å²) in [5.41, 5.74) is 1.17. The van der Waals surface area contributed by atoms with E-state index in [1.54, 1.807) is 0 Å². The molecule has 0 aliphatic carbocycles. The Morgan fingerprint density at radius 2 is 2.00 bits per heavy atom. The molecule has 1 atom stereocenters. The van der Waals surface area contributed by atoms with E-state index in [1.165, 1.54) is 0 Å². The molecule has 2 rings (SSSR count). The summed E-state index contributed by atoms with van der Waals surface area (Å²) in [5.74, 6) is 0.0543. The first kappa shape index (κ1) is 10.9. The van der Waals surface area contributed by atoms with Crippen LogP contribution >= 0.6 is 0 Å². The van der Waals surface area contributed by atoms with Crippen molar-refractivity contribution in [3.63, 3.8) is 0 Å². The molecule has 1 aliphatic heterocycles. The van der Waals surface area contributed by atoms with Crippen LogP contribution in [0.25, 0.3) is 0 Å². The third kappa shape index (κ3) is 1.16. The molecule has 1 aromatic rings. The number of nitrogens with one attached hydrogen (secondary N) is 1. The Kier molecular flexibility index (Phi) is 2.19. The first-order valence-electron chi connectivity index (χ1n) is 5.48. The lowest BCUT2D eigenvalue weighted by Crippen LogP contribution is -2.43. The van der Waals surface area contributed by atoms with Gasteiger partial charge in [0.05, 0.1) is 5.41 Å². The molecule has 84 valence electrons. The van der Waals surface area contributed by atoms with Gasteiger partial charge in [0.15, 0.2) is 0 Å². The Morgan fingerprint density at radius 1 is 1.38 bits per heavy atom. The molecular weight excluding hydrogens is 198 g/mol. The van der Waals surface area contributed by atoms with Crippen LogP contribution in [0.3, 0.4) is 0 Å². The molecule has 16 heavy (non-hydrogen) atoms. The van der Waals surface area contributed by atoms with Crippen molar-refractivity contribution < 1.29 is 4.79 Å². The number of benzene rings is 1. The number of anilines is 1. The van der Waals surface area contributed by atoms with Gasteiger partial charge in [-0.05, 0) is 18.6 Å². The van der Waals surface area contributed by atoms with Gasteiger partial charge in [0.25, 0.3) is 0 Å². The van der Waals surface area contributed by atoms with Crippen molar-refractivity contribution in [1.29, 1.82) is 0 Å². The molecule has 1 aromatic carbocycles. The molecule has 0 saturated carbocycles. The first-order valence-corrected chi connectivity index (χ1v) is 5.48. The third-order valence-electron chi connectivity index (χ3n) is 3.97. The van der Waals surface area contributed by atoms with Gasteiger partial charge in [-0.25, -0.2) is 0 Å². The first-order chi connectivity index (χ1) is 7.43. The molecule has 2 heteroatoms. The third-order valence-corrected chi connectivity index (χ3v) is 3.97. The summed E-state index contributed by atoms with van der Waals surface area (Å²) in [4.78, 5) is 12.2. The van der Waals surface area contributed by atoms with Crippen LogP contribution in [-0.2, 0) is 10.2 Å². The topological polar surface area (TPSA) is 29.1 Å². The average molecular weight is 215 g/mol. The highest BCUT2D eigenvalue weighted by molar-refractivity contribution is 6.06. The molecule has 0 spiro atoms. The maximum absolute atomic E-state index is 12.2.